The third-order valence-corrected chi connectivity index (χ3v) is 8.37. The molecular formula is C23H24ClF3N2O2S2. The van der Waals surface area contributed by atoms with Gasteiger partial charge in [0.05, 0.1) is 31.6 Å². The monoisotopic (exact) mass is 516 g/mol. The number of isothiocyanates is 1. The summed E-state index contributed by atoms with van der Waals surface area (Å²) < 4.78 is 67.7. The van der Waals surface area contributed by atoms with Gasteiger partial charge in [0.2, 0.25) is 0 Å². The Balaban J connectivity index is 1.99. The van der Waals surface area contributed by atoms with Crippen LogP contribution in [-0.2, 0) is 16.0 Å². The Kier molecular flexibility index (Phi) is 7.42. The van der Waals surface area contributed by atoms with Crippen molar-refractivity contribution in [3.8, 4) is 11.1 Å². The number of hydrogen-bond acceptors (Lipinski definition) is 5. The third kappa shape index (κ3) is 5.66. The number of aliphatic imine (C=N–C) groups is 1. The number of alkyl halides is 3. The van der Waals surface area contributed by atoms with E-state index in [9.17, 15) is 21.6 Å². The molecule has 1 fully saturated rings. The lowest BCUT2D eigenvalue weighted by Crippen LogP contribution is -2.50. The van der Waals surface area contributed by atoms with Crippen LogP contribution in [0.25, 0.3) is 11.1 Å². The molecular weight excluding hydrogens is 493 g/mol. The minimum absolute atomic E-state index is 0.0639. The summed E-state index contributed by atoms with van der Waals surface area (Å²) in [5.74, 6) is 0. The smallest absolute Gasteiger partial charge is 0.297 e. The fourth-order valence-corrected chi connectivity index (χ4v) is 6.21. The molecule has 1 atom stereocenters. The molecule has 1 saturated heterocycles. The highest BCUT2D eigenvalue weighted by Crippen LogP contribution is 2.43. The lowest BCUT2D eigenvalue weighted by atomic mass is 9.98. The second-order valence-corrected chi connectivity index (χ2v) is 11.8. The van der Waals surface area contributed by atoms with E-state index in [2.05, 4.69) is 22.1 Å². The average Bonchev–Trinajstić information content (AvgIpc) is 2.72. The minimum Gasteiger partial charge on any atom is -0.297 e. The second-order valence-electron chi connectivity index (χ2n) is 9.00. The Labute approximate surface area is 202 Å². The van der Waals surface area contributed by atoms with Gasteiger partial charge in [-0.05, 0) is 82.2 Å². The number of sulfone groups is 1. The quantitative estimate of drug-likeness (QED) is 0.331. The summed E-state index contributed by atoms with van der Waals surface area (Å²) in [4.78, 5) is 5.82. The summed E-state index contributed by atoms with van der Waals surface area (Å²) >= 11 is 10.6. The van der Waals surface area contributed by atoms with Gasteiger partial charge in [-0.15, -0.1) is 0 Å². The van der Waals surface area contributed by atoms with Crippen LogP contribution >= 0.6 is 23.8 Å². The molecule has 1 aliphatic heterocycles. The molecule has 1 unspecified atom stereocenters. The zero-order valence-corrected chi connectivity index (χ0v) is 20.8. The van der Waals surface area contributed by atoms with E-state index in [0.717, 1.165) is 19.0 Å². The first-order chi connectivity index (χ1) is 15.2. The Morgan fingerprint density at radius 2 is 1.79 bits per heavy atom. The largest absolute Gasteiger partial charge is 0.417 e. The third-order valence-electron chi connectivity index (χ3n) is 5.79. The highest BCUT2D eigenvalue weighted by atomic mass is 35.5. The molecule has 0 aromatic heterocycles. The highest BCUT2D eigenvalue weighted by molar-refractivity contribution is 7.92. The fourth-order valence-electron chi connectivity index (χ4n) is 4.03. The predicted octanol–water partition coefficient (Wildman–Crippen LogP) is 6.80. The molecule has 0 amide bonds. The first-order valence-electron chi connectivity index (χ1n) is 10.3. The number of rotatable bonds is 4. The lowest BCUT2D eigenvalue weighted by molar-refractivity contribution is -0.137. The molecule has 33 heavy (non-hydrogen) atoms. The van der Waals surface area contributed by atoms with E-state index in [0.29, 0.717) is 13.0 Å². The molecule has 0 aliphatic carbocycles. The fraction of sp³-hybridized carbons (Fsp3) is 0.435. The van der Waals surface area contributed by atoms with Crippen LogP contribution < -0.4 is 0 Å². The maximum absolute atomic E-state index is 13.7. The lowest BCUT2D eigenvalue weighted by Gasteiger charge is -2.41. The molecule has 10 heteroatoms. The first-order valence-corrected chi connectivity index (χ1v) is 12.7. The van der Waals surface area contributed by atoms with Gasteiger partial charge in [-0.1, -0.05) is 23.7 Å². The Morgan fingerprint density at radius 1 is 1.15 bits per heavy atom. The van der Waals surface area contributed by atoms with Crippen LogP contribution in [0.4, 0.5) is 18.9 Å². The van der Waals surface area contributed by atoms with Crippen LogP contribution in [0, 0.1) is 0 Å². The normalized spacial score (nSPS) is 18.1. The molecule has 0 bridgehead atoms. The molecule has 178 valence electrons. The first kappa shape index (κ1) is 25.8. The molecule has 0 spiro atoms. The van der Waals surface area contributed by atoms with E-state index in [1.54, 1.807) is 0 Å². The Morgan fingerprint density at radius 3 is 2.33 bits per heavy atom. The summed E-state index contributed by atoms with van der Waals surface area (Å²) in [5, 5.41) is 1.29. The molecule has 1 aliphatic rings. The molecule has 3 rings (SSSR count). The van der Waals surface area contributed by atoms with Crippen molar-refractivity contribution in [3.05, 3.63) is 47.0 Å². The van der Waals surface area contributed by atoms with E-state index in [4.69, 9.17) is 11.6 Å². The van der Waals surface area contributed by atoms with Crippen molar-refractivity contribution >= 4 is 44.5 Å². The summed E-state index contributed by atoms with van der Waals surface area (Å²) in [6, 6.07) is 7.51. The second kappa shape index (κ2) is 9.47. The molecule has 2 aromatic rings. The SMILES string of the molecule is CC(C)(C)N1CCCC(S(=O)(=O)c2ccc(-c3c(Cl)cc(N=C=S)cc3C(F)(F)F)cc2)C1. The van der Waals surface area contributed by atoms with Gasteiger partial charge >= 0.3 is 6.18 Å². The van der Waals surface area contributed by atoms with Gasteiger partial charge in [0, 0.05) is 17.6 Å². The van der Waals surface area contributed by atoms with Crippen LogP contribution in [-0.4, -0.2) is 42.4 Å². The number of likely N-dealkylation sites (tertiary alicyclic amines) is 1. The van der Waals surface area contributed by atoms with E-state index in [-0.39, 0.29) is 32.3 Å². The van der Waals surface area contributed by atoms with E-state index >= 15 is 0 Å². The minimum atomic E-state index is -4.70. The number of thiocarbonyl (C=S) groups is 1. The molecule has 0 radical (unpaired) electrons. The molecule has 0 saturated carbocycles. The van der Waals surface area contributed by atoms with Gasteiger partial charge in [-0.25, -0.2) is 8.42 Å². The Hall–Kier alpha value is -1.77. The van der Waals surface area contributed by atoms with Crippen molar-refractivity contribution in [2.75, 3.05) is 13.1 Å². The van der Waals surface area contributed by atoms with E-state index in [1.165, 1.54) is 30.3 Å². The van der Waals surface area contributed by atoms with Gasteiger partial charge < -0.3 is 0 Å². The maximum atomic E-state index is 13.7. The zero-order chi connectivity index (χ0) is 24.6. The van der Waals surface area contributed by atoms with Crippen LogP contribution in [0.5, 0.6) is 0 Å². The summed E-state index contributed by atoms with van der Waals surface area (Å²) in [7, 11) is -3.65. The van der Waals surface area contributed by atoms with Crippen LogP contribution in [0.2, 0.25) is 5.02 Å². The average molecular weight is 517 g/mol. The maximum Gasteiger partial charge on any atom is 0.417 e. The number of benzene rings is 2. The standard InChI is InChI=1S/C23H24ClF3N2O2S2/c1-22(2,3)29-10-4-5-18(13-29)33(30,31)17-8-6-15(7-9-17)21-19(23(25,26)27)11-16(28-14-32)12-20(21)24/h6-9,11-12,18H,4-5,10,13H2,1-3H3. The van der Waals surface area contributed by atoms with Crippen molar-refractivity contribution in [1.29, 1.82) is 0 Å². The highest BCUT2D eigenvalue weighted by Gasteiger charge is 2.37. The Bertz CT molecular complexity index is 1180. The predicted molar refractivity (Wildman–Crippen MR) is 128 cm³/mol. The molecule has 4 nitrogen and oxygen atoms in total. The van der Waals surface area contributed by atoms with Gasteiger partial charge in [0.1, 0.15) is 0 Å². The van der Waals surface area contributed by atoms with Crippen molar-refractivity contribution in [1.82, 2.24) is 4.90 Å². The summed E-state index contributed by atoms with van der Waals surface area (Å²) in [6.07, 6.45) is -3.39. The molecule has 2 aromatic carbocycles. The number of nitrogens with zero attached hydrogens (tertiary/aromatic N) is 2. The van der Waals surface area contributed by atoms with Crippen LogP contribution in [0.3, 0.4) is 0 Å². The van der Waals surface area contributed by atoms with E-state index < -0.39 is 26.8 Å². The van der Waals surface area contributed by atoms with E-state index in [1.807, 2.05) is 25.9 Å². The van der Waals surface area contributed by atoms with Gasteiger partial charge in [0.25, 0.3) is 0 Å². The number of hydrogen-bond donors (Lipinski definition) is 0. The van der Waals surface area contributed by atoms with Crippen LogP contribution in [0.1, 0.15) is 39.2 Å². The number of piperidine rings is 1. The van der Waals surface area contributed by atoms with Crippen molar-refractivity contribution in [2.24, 2.45) is 4.99 Å². The van der Waals surface area contributed by atoms with Crippen molar-refractivity contribution in [2.45, 2.75) is 55.5 Å². The molecule has 1 heterocycles. The summed E-state index contributed by atoms with van der Waals surface area (Å²) in [5.41, 5.74) is -1.28. The number of halogens is 4. The topological polar surface area (TPSA) is 49.7 Å². The van der Waals surface area contributed by atoms with Crippen LogP contribution in [0.15, 0.2) is 46.3 Å². The van der Waals surface area contributed by atoms with Crippen molar-refractivity contribution < 1.29 is 21.6 Å². The van der Waals surface area contributed by atoms with Gasteiger partial charge in [-0.2, -0.15) is 18.2 Å². The van der Waals surface area contributed by atoms with Gasteiger partial charge in [-0.3, -0.25) is 4.90 Å². The van der Waals surface area contributed by atoms with Gasteiger partial charge in [0.15, 0.2) is 9.84 Å². The zero-order valence-electron chi connectivity index (χ0n) is 18.4. The molecule has 0 N–H and O–H groups in total. The summed E-state index contributed by atoms with van der Waals surface area (Å²) in [6.45, 7) is 7.38. The van der Waals surface area contributed by atoms with Crippen molar-refractivity contribution in [3.63, 3.8) is 0 Å².